The number of aromatic nitrogens is 2. The van der Waals surface area contributed by atoms with Crippen LogP contribution in [0.15, 0.2) is 60.0 Å². The predicted molar refractivity (Wildman–Crippen MR) is 290 cm³/mol. The molecule has 0 spiro atoms. The summed E-state index contributed by atoms with van der Waals surface area (Å²) in [5.41, 5.74) is 6.27. The second-order valence-corrected chi connectivity index (χ2v) is 22.4. The molecule has 2 N–H and O–H groups in total. The van der Waals surface area contributed by atoms with E-state index in [9.17, 15) is 19.2 Å². The van der Waals surface area contributed by atoms with E-state index >= 15 is 0 Å². The average molecular weight is 1050 g/mol. The van der Waals surface area contributed by atoms with Gasteiger partial charge in [-0.1, -0.05) is 35.3 Å². The summed E-state index contributed by atoms with van der Waals surface area (Å²) in [5, 5.41) is 10.3. The van der Waals surface area contributed by atoms with Crippen LogP contribution in [0.1, 0.15) is 115 Å². The van der Waals surface area contributed by atoms with Gasteiger partial charge in [-0.3, -0.25) is 24.6 Å². The van der Waals surface area contributed by atoms with Gasteiger partial charge in [0.05, 0.1) is 29.4 Å². The first-order valence-corrected chi connectivity index (χ1v) is 27.6. The minimum absolute atomic E-state index is 0.0177. The quantitative estimate of drug-likeness (QED) is 0.0915. The molecule has 3 aromatic carbocycles. The number of anilines is 2. The van der Waals surface area contributed by atoms with Crippen LogP contribution in [0.25, 0.3) is 22.0 Å². The van der Waals surface area contributed by atoms with Crippen molar-refractivity contribution < 1.29 is 28.7 Å². The van der Waals surface area contributed by atoms with E-state index in [1.54, 1.807) is 36.6 Å². The van der Waals surface area contributed by atoms with Crippen LogP contribution in [0.2, 0.25) is 10.0 Å². The molecule has 4 fully saturated rings. The van der Waals surface area contributed by atoms with E-state index in [-0.39, 0.29) is 42.7 Å². The lowest BCUT2D eigenvalue weighted by molar-refractivity contribution is -0.138. The minimum atomic E-state index is -0.535. The van der Waals surface area contributed by atoms with Crippen molar-refractivity contribution in [3.05, 3.63) is 97.4 Å². The number of carbonyl (C=O) groups excluding carboxylic acids is 4. The Kier molecular flexibility index (Phi) is 16.9. The van der Waals surface area contributed by atoms with Crippen LogP contribution in [-0.4, -0.2) is 116 Å². The molecule has 0 unspecified atom stereocenters. The zero-order valence-electron chi connectivity index (χ0n) is 42.7. The number of likely N-dealkylation sites (tertiary alicyclic amines) is 2. The number of methoxy groups -OCH3 is 1. The van der Waals surface area contributed by atoms with E-state index in [0.29, 0.717) is 66.1 Å². The predicted octanol–water partition coefficient (Wildman–Crippen LogP) is 11.1. The Balaban J connectivity index is 0.720. The Morgan fingerprint density at radius 2 is 1.63 bits per heavy atom. The second kappa shape index (κ2) is 23.5. The van der Waals surface area contributed by atoms with Gasteiger partial charge < -0.3 is 29.5 Å². The highest BCUT2D eigenvalue weighted by Gasteiger charge is 2.34. The lowest BCUT2D eigenvalue weighted by Gasteiger charge is -2.36. The number of imide groups is 1. The molecule has 14 nitrogen and oxygen atoms in total. The van der Waals surface area contributed by atoms with Crippen molar-refractivity contribution in [1.82, 2.24) is 30.0 Å². The number of nitrogens with one attached hydrogen (secondary N) is 2. The molecule has 2 aromatic heterocycles. The number of halogens is 2. The molecule has 4 aliphatic rings. The number of piperidine rings is 2. The standard InChI is InChI=1S/C56H68Cl2N8O6S/c1-34(50-28-42(33-73-50)52-41(31-63(3)4)7-6-8-46(52)58)59-53-44-29-43(49(71-5)30-47(44)60-35(2)61-53)38-9-11-39(12-10-38)54(68)64-23-17-37(18-24-64)32-72-26-20-36-15-21-65(22-16-36)55(69)40-13-14-45(57)48(27-40)66-25-19-51(67)62-56(66)70/h6-8,13-14,27-30,33-34,36-39H,9-12,15-26,31-32H2,1-5H3,(H,59,60,61)(H,62,67,70)/t34-,38?,39?/m1/s1. The summed E-state index contributed by atoms with van der Waals surface area (Å²) in [6.07, 6.45) is 8.35. The fraction of sp³-hybridized carbons (Fsp3) is 0.500. The van der Waals surface area contributed by atoms with E-state index in [1.165, 1.54) is 15.3 Å². The fourth-order valence-corrected chi connectivity index (χ4v) is 12.7. The largest absolute Gasteiger partial charge is 0.496 e. The van der Waals surface area contributed by atoms with E-state index in [0.717, 1.165) is 122 Å². The van der Waals surface area contributed by atoms with Gasteiger partial charge in [-0.25, -0.2) is 14.8 Å². The maximum atomic E-state index is 13.9. The zero-order chi connectivity index (χ0) is 51.3. The third-order valence-corrected chi connectivity index (χ3v) is 17.1. The molecule has 1 saturated carbocycles. The lowest BCUT2D eigenvalue weighted by atomic mass is 9.77. The van der Waals surface area contributed by atoms with Crippen molar-refractivity contribution in [3.63, 3.8) is 0 Å². The first-order chi connectivity index (χ1) is 35.2. The molecule has 5 heterocycles. The number of carbonyl (C=O) groups is 4. The lowest BCUT2D eigenvalue weighted by Crippen LogP contribution is -2.49. The van der Waals surface area contributed by atoms with Crippen LogP contribution < -0.4 is 20.3 Å². The van der Waals surface area contributed by atoms with E-state index < -0.39 is 6.03 Å². The number of hydrogen-bond acceptors (Lipinski definition) is 11. The third-order valence-electron chi connectivity index (χ3n) is 15.3. The van der Waals surface area contributed by atoms with Crippen molar-refractivity contribution in [2.75, 3.05) is 77.4 Å². The third kappa shape index (κ3) is 12.3. The number of rotatable bonds is 16. The molecule has 5 aromatic rings. The highest BCUT2D eigenvalue weighted by molar-refractivity contribution is 7.10. The van der Waals surface area contributed by atoms with Gasteiger partial charge in [-0.2, -0.15) is 0 Å². The van der Waals surface area contributed by atoms with Crippen LogP contribution in [0.5, 0.6) is 5.75 Å². The van der Waals surface area contributed by atoms with Gasteiger partial charge in [0.25, 0.3) is 5.91 Å². The highest BCUT2D eigenvalue weighted by Crippen LogP contribution is 2.44. The van der Waals surface area contributed by atoms with Crippen molar-refractivity contribution in [3.8, 4) is 16.9 Å². The average Bonchev–Trinajstić information content (AvgIpc) is 3.88. The molecule has 73 heavy (non-hydrogen) atoms. The fourth-order valence-electron chi connectivity index (χ4n) is 11.2. The normalized spacial score (nSPS) is 19.6. The first kappa shape index (κ1) is 52.5. The number of fused-ring (bicyclic) bond motifs is 1. The summed E-state index contributed by atoms with van der Waals surface area (Å²) < 4.78 is 12.2. The molecule has 17 heteroatoms. The number of urea groups is 1. The Morgan fingerprint density at radius 3 is 2.36 bits per heavy atom. The SMILES string of the molecule is COc1cc2nc(C)nc(N[C@H](C)c3cc(-c4c(Cl)cccc4CN(C)C)cs3)c2cc1C1CCC(C(=O)N2CCC(COCCC3CCN(C(=O)c4ccc(Cl)c(N5CCC(=O)NC5=O)c4)CC3)CC2)CC1. The van der Waals surface area contributed by atoms with Gasteiger partial charge in [0.1, 0.15) is 17.4 Å². The molecule has 0 radical (unpaired) electrons. The first-order valence-electron chi connectivity index (χ1n) is 25.9. The molecule has 3 saturated heterocycles. The number of hydrogen-bond donors (Lipinski definition) is 2. The number of benzene rings is 3. The molecule has 9 rings (SSSR count). The highest BCUT2D eigenvalue weighted by atomic mass is 35.5. The molecule has 1 aliphatic carbocycles. The maximum absolute atomic E-state index is 13.9. The van der Waals surface area contributed by atoms with Gasteiger partial charge >= 0.3 is 6.03 Å². The summed E-state index contributed by atoms with van der Waals surface area (Å²) in [4.78, 5) is 70.0. The van der Waals surface area contributed by atoms with E-state index in [2.05, 4.69) is 65.0 Å². The summed E-state index contributed by atoms with van der Waals surface area (Å²) in [7, 11) is 5.86. The van der Waals surface area contributed by atoms with Gasteiger partial charge in [-0.05, 0) is 162 Å². The van der Waals surface area contributed by atoms with Crippen LogP contribution in [0, 0.1) is 24.7 Å². The Labute approximate surface area is 443 Å². The van der Waals surface area contributed by atoms with Crippen LogP contribution in [0.3, 0.4) is 0 Å². The van der Waals surface area contributed by atoms with Gasteiger partial charge in [-0.15, -0.1) is 11.3 Å². The van der Waals surface area contributed by atoms with Crippen molar-refractivity contribution in [2.24, 2.45) is 17.8 Å². The Hall–Kier alpha value is -5.32. The molecular weight excluding hydrogens is 984 g/mol. The molecular formula is C56H68Cl2N8O6S. The number of aryl methyl sites for hydroxylation is 1. The topological polar surface area (TPSA) is 150 Å². The van der Waals surface area contributed by atoms with Gasteiger partial charge in [0, 0.05) is 97.3 Å². The van der Waals surface area contributed by atoms with Crippen LogP contribution in [0.4, 0.5) is 16.3 Å². The Morgan fingerprint density at radius 1 is 0.890 bits per heavy atom. The Bertz CT molecular complexity index is 2820. The second-order valence-electron chi connectivity index (χ2n) is 20.7. The molecule has 0 bridgehead atoms. The van der Waals surface area contributed by atoms with Crippen LogP contribution in [-0.2, 0) is 20.9 Å². The molecule has 5 amide bonds. The number of thiophene rings is 1. The monoisotopic (exact) mass is 1050 g/mol. The summed E-state index contributed by atoms with van der Waals surface area (Å²) in [5.74, 6) is 3.39. The molecule has 3 aliphatic heterocycles. The zero-order valence-corrected chi connectivity index (χ0v) is 45.0. The van der Waals surface area contributed by atoms with Crippen molar-refractivity contribution in [2.45, 2.75) is 96.6 Å². The van der Waals surface area contributed by atoms with E-state index in [1.807, 2.05) is 30.0 Å². The number of nitrogens with zero attached hydrogens (tertiary/aromatic N) is 6. The summed E-state index contributed by atoms with van der Waals surface area (Å²) >= 11 is 14.9. The van der Waals surface area contributed by atoms with Gasteiger partial charge in [0.2, 0.25) is 11.8 Å². The van der Waals surface area contributed by atoms with Crippen molar-refractivity contribution >= 4 is 80.7 Å². The van der Waals surface area contributed by atoms with Crippen molar-refractivity contribution in [1.29, 1.82) is 0 Å². The van der Waals surface area contributed by atoms with E-state index in [4.69, 9.17) is 42.6 Å². The number of ether oxygens (including phenoxy) is 2. The molecule has 1 atom stereocenters. The number of amides is 5. The minimum Gasteiger partial charge on any atom is -0.496 e. The smallest absolute Gasteiger partial charge is 0.328 e. The summed E-state index contributed by atoms with van der Waals surface area (Å²) in [6.45, 7) is 9.35. The van der Waals surface area contributed by atoms with Gasteiger partial charge in [0.15, 0.2) is 0 Å². The van der Waals surface area contributed by atoms with Crippen LogP contribution >= 0.6 is 34.5 Å². The molecule has 388 valence electrons. The summed E-state index contributed by atoms with van der Waals surface area (Å²) in [6, 6.07) is 17.0. The maximum Gasteiger partial charge on any atom is 0.328 e.